The van der Waals surface area contributed by atoms with E-state index in [0.29, 0.717) is 40.9 Å². The van der Waals surface area contributed by atoms with Gasteiger partial charge in [-0.05, 0) is 24.0 Å². The van der Waals surface area contributed by atoms with Gasteiger partial charge in [-0.25, -0.2) is 9.37 Å². The number of aryl methyl sites for hydroxylation is 2. The highest BCUT2D eigenvalue weighted by Crippen LogP contribution is 2.28. The van der Waals surface area contributed by atoms with E-state index in [1.807, 2.05) is 6.92 Å². The number of aliphatic hydroxyl groups excluding tert-OH is 1. The van der Waals surface area contributed by atoms with Crippen molar-refractivity contribution in [2.45, 2.75) is 26.1 Å². The Hall–Kier alpha value is -2.75. The van der Waals surface area contributed by atoms with Crippen LogP contribution < -0.4 is 20.8 Å². The Balaban J connectivity index is 1.57. The smallest absolute Gasteiger partial charge is 0.328 e. The van der Waals surface area contributed by atoms with E-state index in [1.54, 1.807) is 11.8 Å². The van der Waals surface area contributed by atoms with Gasteiger partial charge in [-0.15, -0.1) is 0 Å². The van der Waals surface area contributed by atoms with E-state index < -0.39 is 18.0 Å². The number of nitrogens with two attached hydrogens (primary N) is 1. The zero-order chi connectivity index (χ0) is 22.3. The number of halogens is 2. The highest BCUT2D eigenvalue weighted by molar-refractivity contribution is 6.31. The molecule has 1 fully saturated rings. The monoisotopic (exact) mass is 448 g/mol. The van der Waals surface area contributed by atoms with E-state index in [0.717, 1.165) is 11.8 Å². The number of carbonyl (C=O) groups excluding carboxylic acids is 1. The SMILES string of the molecule is Cc1nc(C2=C(N)CN(C(=O)c3ccc(F)cc3O[C@H]3CNCC3O)C2)[nH+]c(C)c1Cl. The second kappa shape index (κ2) is 8.41. The topological polar surface area (TPSA) is 115 Å². The van der Waals surface area contributed by atoms with Gasteiger partial charge in [0.1, 0.15) is 34.5 Å². The van der Waals surface area contributed by atoms with Crippen LogP contribution in [0.2, 0.25) is 5.02 Å². The summed E-state index contributed by atoms with van der Waals surface area (Å²) < 4.78 is 19.7. The number of hydrogen-bond donors (Lipinski definition) is 3. The molecule has 4 rings (SSSR count). The number of aliphatic hydroxyl groups is 1. The molecule has 10 heteroatoms. The number of amides is 1. The van der Waals surface area contributed by atoms with Gasteiger partial charge in [0.15, 0.2) is 5.69 Å². The van der Waals surface area contributed by atoms with Crippen LogP contribution in [-0.4, -0.2) is 59.3 Å². The van der Waals surface area contributed by atoms with Crippen molar-refractivity contribution in [1.82, 2.24) is 15.2 Å². The van der Waals surface area contributed by atoms with Gasteiger partial charge >= 0.3 is 5.82 Å². The first-order chi connectivity index (χ1) is 14.7. The van der Waals surface area contributed by atoms with Crippen LogP contribution >= 0.6 is 11.6 Å². The van der Waals surface area contributed by atoms with Crippen LogP contribution in [0.3, 0.4) is 0 Å². The molecule has 31 heavy (non-hydrogen) atoms. The maximum Gasteiger partial charge on any atom is 0.328 e. The number of benzene rings is 1. The minimum absolute atomic E-state index is 0.0904. The van der Waals surface area contributed by atoms with E-state index in [-0.39, 0.29) is 30.3 Å². The van der Waals surface area contributed by atoms with Crippen molar-refractivity contribution in [3.05, 3.63) is 57.5 Å². The lowest BCUT2D eigenvalue weighted by Crippen LogP contribution is -2.33. The summed E-state index contributed by atoms with van der Waals surface area (Å²) in [6.45, 7) is 4.86. The molecule has 1 amide bonds. The zero-order valence-corrected chi connectivity index (χ0v) is 18.0. The largest absolute Gasteiger partial charge is 0.485 e. The molecule has 1 unspecified atom stereocenters. The average Bonchev–Trinajstić information content (AvgIpc) is 3.31. The molecule has 1 aromatic carbocycles. The van der Waals surface area contributed by atoms with Crippen molar-refractivity contribution in [2.24, 2.45) is 5.73 Å². The van der Waals surface area contributed by atoms with Gasteiger partial charge in [-0.2, -0.15) is 0 Å². The standard InChI is InChI=1S/C21H23ClFN5O3/c1-10-19(22)11(2)27-20(26-10)14-8-28(9-15(14)24)21(30)13-4-3-12(23)5-17(13)31-18-7-25-6-16(18)29/h3-5,16,18,25,29H,6-9,24H2,1-2H3/p+1/t16?,18-/m0/s1. The summed E-state index contributed by atoms with van der Waals surface area (Å²) in [7, 11) is 0. The Bertz CT molecular complexity index is 1050. The number of H-pyrrole nitrogens is 1. The molecule has 2 aromatic rings. The Morgan fingerprint density at radius 3 is 2.84 bits per heavy atom. The summed E-state index contributed by atoms with van der Waals surface area (Å²) in [6.07, 6.45) is -1.30. The number of nitrogens with one attached hydrogen (secondary N) is 2. The minimum atomic E-state index is -0.736. The fraction of sp³-hybridized carbons (Fsp3) is 0.381. The highest BCUT2D eigenvalue weighted by Gasteiger charge is 2.34. The van der Waals surface area contributed by atoms with Crippen LogP contribution in [0, 0.1) is 19.7 Å². The minimum Gasteiger partial charge on any atom is -0.485 e. The number of hydrogen-bond acceptors (Lipinski definition) is 6. The molecule has 3 heterocycles. The quantitative estimate of drug-likeness (QED) is 0.638. The van der Waals surface area contributed by atoms with E-state index in [1.165, 1.54) is 12.1 Å². The third-order valence-corrected chi connectivity index (χ3v) is 6.04. The van der Waals surface area contributed by atoms with Gasteiger partial charge in [-0.3, -0.25) is 4.79 Å². The first-order valence-corrected chi connectivity index (χ1v) is 10.3. The summed E-state index contributed by atoms with van der Waals surface area (Å²) in [5, 5.41) is 13.5. The third-order valence-electron chi connectivity index (χ3n) is 5.48. The summed E-state index contributed by atoms with van der Waals surface area (Å²) in [4.78, 5) is 22.4. The third kappa shape index (κ3) is 4.21. The summed E-state index contributed by atoms with van der Waals surface area (Å²) in [6, 6.07) is 3.75. The second-order valence-corrected chi connectivity index (χ2v) is 8.18. The number of carbonyl (C=O) groups is 1. The van der Waals surface area contributed by atoms with Gasteiger partial charge in [0.25, 0.3) is 5.91 Å². The Labute approximate surface area is 183 Å². The maximum absolute atomic E-state index is 13.9. The molecule has 0 aliphatic carbocycles. The van der Waals surface area contributed by atoms with Crippen LogP contribution in [0.5, 0.6) is 5.75 Å². The van der Waals surface area contributed by atoms with Crippen molar-refractivity contribution in [1.29, 1.82) is 0 Å². The van der Waals surface area contributed by atoms with E-state index in [2.05, 4.69) is 15.3 Å². The average molecular weight is 449 g/mol. The van der Waals surface area contributed by atoms with Crippen LogP contribution in [0.1, 0.15) is 27.6 Å². The van der Waals surface area contributed by atoms with Gasteiger partial charge < -0.3 is 25.8 Å². The number of aromatic amines is 1. The van der Waals surface area contributed by atoms with Gasteiger partial charge in [0.2, 0.25) is 0 Å². The Morgan fingerprint density at radius 2 is 2.16 bits per heavy atom. The highest BCUT2D eigenvalue weighted by atomic mass is 35.5. The van der Waals surface area contributed by atoms with Crippen LogP contribution in [0.4, 0.5) is 4.39 Å². The van der Waals surface area contributed by atoms with E-state index >= 15 is 0 Å². The van der Waals surface area contributed by atoms with Gasteiger partial charge in [-0.1, -0.05) is 11.6 Å². The van der Waals surface area contributed by atoms with E-state index in [9.17, 15) is 14.3 Å². The molecular formula is C21H24ClFN5O3+. The molecule has 0 radical (unpaired) electrons. The predicted octanol–water partition coefficient (Wildman–Crippen LogP) is 0.842. The first-order valence-electron chi connectivity index (χ1n) is 9.92. The number of rotatable bonds is 4. The molecule has 2 aliphatic rings. The molecule has 2 aliphatic heterocycles. The molecule has 5 N–H and O–H groups in total. The molecule has 2 atom stereocenters. The summed E-state index contributed by atoms with van der Waals surface area (Å²) in [5.41, 5.74) is 9.07. The molecule has 0 saturated carbocycles. The molecule has 8 nitrogen and oxygen atoms in total. The molecule has 0 spiro atoms. The van der Waals surface area contributed by atoms with Crippen molar-refractivity contribution < 1.29 is 24.0 Å². The number of ether oxygens (including phenoxy) is 1. The number of nitrogens with zero attached hydrogens (tertiary/aromatic N) is 2. The normalized spacial score (nSPS) is 21.1. The van der Waals surface area contributed by atoms with E-state index in [4.69, 9.17) is 22.1 Å². The van der Waals surface area contributed by atoms with Crippen molar-refractivity contribution >= 4 is 23.1 Å². The maximum atomic E-state index is 13.9. The molecular weight excluding hydrogens is 425 g/mol. The fourth-order valence-electron chi connectivity index (χ4n) is 3.78. The molecule has 1 saturated heterocycles. The van der Waals surface area contributed by atoms with Crippen LogP contribution in [0.15, 0.2) is 23.9 Å². The van der Waals surface area contributed by atoms with Gasteiger partial charge in [0.05, 0.1) is 24.2 Å². The van der Waals surface area contributed by atoms with Crippen molar-refractivity contribution in [3.63, 3.8) is 0 Å². The predicted molar refractivity (Wildman–Crippen MR) is 112 cm³/mol. The summed E-state index contributed by atoms with van der Waals surface area (Å²) in [5.74, 6) is -0.232. The Kier molecular flexibility index (Phi) is 5.83. The van der Waals surface area contributed by atoms with Crippen molar-refractivity contribution in [3.8, 4) is 5.75 Å². The zero-order valence-electron chi connectivity index (χ0n) is 17.2. The fourth-order valence-corrected chi connectivity index (χ4v) is 3.87. The second-order valence-electron chi connectivity index (χ2n) is 7.80. The lowest BCUT2D eigenvalue weighted by molar-refractivity contribution is -0.396. The molecule has 164 valence electrons. The van der Waals surface area contributed by atoms with Gasteiger partial charge in [0, 0.05) is 31.8 Å². The summed E-state index contributed by atoms with van der Waals surface area (Å²) >= 11 is 6.19. The van der Waals surface area contributed by atoms with Crippen molar-refractivity contribution in [2.75, 3.05) is 26.2 Å². The lowest BCUT2D eigenvalue weighted by Gasteiger charge is -2.21. The first kappa shape index (κ1) is 21.5. The van der Waals surface area contributed by atoms with Crippen LogP contribution in [-0.2, 0) is 0 Å². The van der Waals surface area contributed by atoms with Crippen LogP contribution in [0.25, 0.3) is 5.57 Å². The Morgan fingerprint density at radius 1 is 1.39 bits per heavy atom. The number of aromatic nitrogens is 2. The lowest BCUT2D eigenvalue weighted by atomic mass is 10.1. The number of β-amino-alcohol motifs (C(OH)–C–C–N with tert-alkyl or cyclic N) is 1. The molecule has 1 aromatic heterocycles. The molecule has 0 bridgehead atoms.